The predicted octanol–water partition coefficient (Wildman–Crippen LogP) is 3.61. The number of thioether (sulfide) groups is 1. The average molecular weight is 396 g/mol. The van der Waals surface area contributed by atoms with E-state index in [9.17, 15) is 14.0 Å². The van der Waals surface area contributed by atoms with E-state index in [-0.39, 0.29) is 23.8 Å². The molecule has 4 rings (SSSR count). The first-order valence-corrected chi connectivity index (χ1v) is 9.78. The van der Waals surface area contributed by atoms with Crippen LogP contribution in [0.4, 0.5) is 4.39 Å². The molecule has 5 nitrogen and oxygen atoms in total. The molecule has 28 heavy (non-hydrogen) atoms. The van der Waals surface area contributed by atoms with Crippen molar-refractivity contribution < 1.29 is 13.9 Å². The zero-order valence-corrected chi connectivity index (χ0v) is 16.0. The Morgan fingerprint density at radius 1 is 1.14 bits per heavy atom. The molecule has 1 aromatic heterocycles. The minimum absolute atomic E-state index is 0.0646. The van der Waals surface area contributed by atoms with Gasteiger partial charge in [-0.1, -0.05) is 36.0 Å². The Kier molecular flexibility index (Phi) is 5.00. The molecule has 1 aliphatic heterocycles. The SMILES string of the molecule is Cc1c(OCc2ccc(C(=O)c3ccc(F)cc3)cc2)nc2n(c1=O)CCS2. The Labute approximate surface area is 165 Å². The van der Waals surface area contributed by atoms with Gasteiger partial charge in [0.15, 0.2) is 10.9 Å². The summed E-state index contributed by atoms with van der Waals surface area (Å²) in [5, 5.41) is 0.686. The molecule has 0 saturated carbocycles. The number of nitrogens with zero attached hydrogens (tertiary/aromatic N) is 2. The first kappa shape index (κ1) is 18.4. The molecule has 142 valence electrons. The highest BCUT2D eigenvalue weighted by Gasteiger charge is 2.19. The first-order valence-electron chi connectivity index (χ1n) is 8.79. The number of rotatable bonds is 5. The van der Waals surface area contributed by atoms with E-state index in [4.69, 9.17) is 4.74 Å². The van der Waals surface area contributed by atoms with Crippen molar-refractivity contribution in [3.8, 4) is 5.88 Å². The number of hydrogen-bond donors (Lipinski definition) is 0. The number of ketones is 1. The minimum atomic E-state index is -0.377. The van der Waals surface area contributed by atoms with Gasteiger partial charge in [-0.05, 0) is 36.8 Å². The van der Waals surface area contributed by atoms with E-state index in [1.165, 1.54) is 24.3 Å². The van der Waals surface area contributed by atoms with Gasteiger partial charge < -0.3 is 4.74 Å². The third-order valence-corrected chi connectivity index (χ3v) is 5.52. The summed E-state index contributed by atoms with van der Waals surface area (Å²) >= 11 is 1.54. The van der Waals surface area contributed by atoms with Gasteiger partial charge in [0.2, 0.25) is 5.88 Å². The lowest BCUT2D eigenvalue weighted by Gasteiger charge is -2.10. The Morgan fingerprint density at radius 3 is 2.46 bits per heavy atom. The van der Waals surface area contributed by atoms with Crippen LogP contribution in [0, 0.1) is 12.7 Å². The first-order chi connectivity index (χ1) is 13.5. The number of ether oxygens (including phenoxy) is 1. The van der Waals surface area contributed by atoms with Crippen LogP contribution in [0.15, 0.2) is 58.5 Å². The summed E-state index contributed by atoms with van der Waals surface area (Å²) < 4.78 is 20.4. The summed E-state index contributed by atoms with van der Waals surface area (Å²) in [6.07, 6.45) is 0. The van der Waals surface area contributed by atoms with Crippen molar-refractivity contribution in [2.45, 2.75) is 25.2 Å². The molecule has 0 bridgehead atoms. The maximum atomic E-state index is 13.0. The largest absolute Gasteiger partial charge is 0.472 e. The molecule has 0 fully saturated rings. The van der Waals surface area contributed by atoms with Crippen molar-refractivity contribution >= 4 is 17.5 Å². The van der Waals surface area contributed by atoms with E-state index < -0.39 is 0 Å². The molecule has 0 atom stereocenters. The average Bonchev–Trinajstić information content (AvgIpc) is 3.19. The highest BCUT2D eigenvalue weighted by molar-refractivity contribution is 7.99. The van der Waals surface area contributed by atoms with Crippen molar-refractivity contribution in [2.24, 2.45) is 0 Å². The molecule has 2 aromatic carbocycles. The summed E-state index contributed by atoms with van der Waals surface area (Å²) in [6, 6.07) is 12.5. The molecule has 0 spiro atoms. The second kappa shape index (κ2) is 7.59. The smallest absolute Gasteiger partial charge is 0.260 e. The van der Waals surface area contributed by atoms with Crippen LogP contribution < -0.4 is 10.3 Å². The molecular formula is C21H17FN2O3S. The molecule has 7 heteroatoms. The highest BCUT2D eigenvalue weighted by Crippen LogP contribution is 2.25. The van der Waals surface area contributed by atoms with Gasteiger partial charge in [-0.15, -0.1) is 0 Å². The van der Waals surface area contributed by atoms with Crippen LogP contribution in [0.25, 0.3) is 0 Å². The van der Waals surface area contributed by atoms with Gasteiger partial charge in [0.1, 0.15) is 12.4 Å². The van der Waals surface area contributed by atoms with Gasteiger partial charge >= 0.3 is 0 Å². The lowest BCUT2D eigenvalue weighted by molar-refractivity contribution is 0.103. The van der Waals surface area contributed by atoms with Crippen LogP contribution in [0.3, 0.4) is 0 Å². The number of hydrogen-bond acceptors (Lipinski definition) is 5. The van der Waals surface area contributed by atoms with Crippen molar-refractivity contribution in [1.29, 1.82) is 0 Å². The van der Waals surface area contributed by atoms with Gasteiger partial charge in [0.05, 0.1) is 5.56 Å². The van der Waals surface area contributed by atoms with Crippen molar-refractivity contribution in [1.82, 2.24) is 9.55 Å². The Bertz CT molecular complexity index is 1090. The summed E-state index contributed by atoms with van der Waals surface area (Å²) in [4.78, 5) is 29.2. The number of carbonyl (C=O) groups is 1. The molecule has 2 heterocycles. The summed E-state index contributed by atoms with van der Waals surface area (Å²) in [5.41, 5.74) is 2.22. The van der Waals surface area contributed by atoms with E-state index >= 15 is 0 Å². The fraction of sp³-hybridized carbons (Fsp3) is 0.190. The third kappa shape index (κ3) is 3.57. The van der Waals surface area contributed by atoms with Gasteiger partial charge in [-0.2, -0.15) is 4.98 Å². The Morgan fingerprint density at radius 2 is 1.79 bits per heavy atom. The van der Waals surface area contributed by atoms with E-state index in [1.807, 2.05) is 0 Å². The standard InChI is InChI=1S/C21H17FN2O3S/c1-13-19(23-21-24(20(13)26)10-11-28-21)27-12-14-2-4-15(5-3-14)18(25)16-6-8-17(22)9-7-16/h2-9H,10-12H2,1H3. The normalized spacial score (nSPS) is 12.6. The zero-order valence-electron chi connectivity index (χ0n) is 15.1. The van der Waals surface area contributed by atoms with Gasteiger partial charge in [-0.25, -0.2) is 4.39 Å². The minimum Gasteiger partial charge on any atom is -0.472 e. The molecule has 1 aliphatic rings. The second-order valence-corrected chi connectivity index (χ2v) is 7.51. The lowest BCUT2D eigenvalue weighted by Crippen LogP contribution is -2.23. The van der Waals surface area contributed by atoms with Crippen molar-refractivity contribution in [3.63, 3.8) is 0 Å². The topological polar surface area (TPSA) is 61.2 Å². The number of aromatic nitrogens is 2. The van der Waals surface area contributed by atoms with Gasteiger partial charge in [0.25, 0.3) is 5.56 Å². The molecule has 0 unspecified atom stereocenters. The van der Waals surface area contributed by atoms with Crippen LogP contribution in [0.2, 0.25) is 0 Å². The maximum absolute atomic E-state index is 13.0. The zero-order chi connectivity index (χ0) is 19.7. The predicted molar refractivity (Wildman–Crippen MR) is 105 cm³/mol. The number of benzene rings is 2. The van der Waals surface area contributed by atoms with E-state index in [0.29, 0.717) is 34.3 Å². The third-order valence-electron chi connectivity index (χ3n) is 4.56. The van der Waals surface area contributed by atoms with Crippen LogP contribution in [-0.2, 0) is 13.2 Å². The van der Waals surface area contributed by atoms with Crippen LogP contribution in [0.5, 0.6) is 5.88 Å². The molecule has 0 saturated heterocycles. The van der Waals surface area contributed by atoms with Crippen molar-refractivity contribution in [2.75, 3.05) is 5.75 Å². The molecule has 0 amide bonds. The van der Waals surface area contributed by atoms with E-state index in [2.05, 4.69) is 4.98 Å². The number of fused-ring (bicyclic) bond motifs is 1. The Hall–Kier alpha value is -2.93. The monoisotopic (exact) mass is 396 g/mol. The van der Waals surface area contributed by atoms with E-state index in [1.54, 1.807) is 47.5 Å². The molecule has 3 aromatic rings. The van der Waals surface area contributed by atoms with Crippen molar-refractivity contribution in [3.05, 3.63) is 87.0 Å². The summed E-state index contributed by atoms with van der Waals surface area (Å²) in [7, 11) is 0. The highest BCUT2D eigenvalue weighted by atomic mass is 32.2. The summed E-state index contributed by atoms with van der Waals surface area (Å²) in [5.74, 6) is 0.637. The lowest BCUT2D eigenvalue weighted by atomic mass is 10.0. The van der Waals surface area contributed by atoms with Gasteiger partial charge in [0, 0.05) is 23.4 Å². The fourth-order valence-electron chi connectivity index (χ4n) is 2.96. The van der Waals surface area contributed by atoms with Gasteiger partial charge in [-0.3, -0.25) is 14.2 Å². The number of carbonyl (C=O) groups excluding carboxylic acids is 1. The molecular weight excluding hydrogens is 379 g/mol. The van der Waals surface area contributed by atoms with E-state index in [0.717, 1.165) is 11.3 Å². The summed E-state index contributed by atoms with van der Waals surface area (Å²) in [6.45, 7) is 2.63. The second-order valence-electron chi connectivity index (χ2n) is 6.45. The number of halogens is 1. The molecule has 0 N–H and O–H groups in total. The molecule has 0 radical (unpaired) electrons. The Balaban J connectivity index is 1.47. The van der Waals surface area contributed by atoms with Crippen LogP contribution >= 0.6 is 11.8 Å². The van der Waals surface area contributed by atoms with Crippen LogP contribution in [0.1, 0.15) is 27.0 Å². The quantitative estimate of drug-likeness (QED) is 0.487. The fourth-order valence-corrected chi connectivity index (χ4v) is 3.89. The maximum Gasteiger partial charge on any atom is 0.260 e. The molecule has 0 aliphatic carbocycles. The van der Waals surface area contributed by atoms with Crippen LogP contribution in [-0.4, -0.2) is 21.1 Å².